The van der Waals surface area contributed by atoms with Crippen LogP contribution in [0.5, 0.6) is 5.75 Å². The van der Waals surface area contributed by atoms with Gasteiger partial charge in [-0.05, 0) is 41.9 Å². The second kappa shape index (κ2) is 9.02. The summed E-state index contributed by atoms with van der Waals surface area (Å²) in [6.07, 6.45) is 3.14. The highest BCUT2D eigenvalue weighted by Gasteiger charge is 2.19. The van der Waals surface area contributed by atoms with Crippen LogP contribution in [0.25, 0.3) is 0 Å². The van der Waals surface area contributed by atoms with E-state index >= 15 is 0 Å². The molecule has 0 radical (unpaired) electrons. The number of aliphatic hydroxyl groups excluding tert-OH is 1. The van der Waals surface area contributed by atoms with E-state index in [2.05, 4.69) is 52.0 Å². The lowest BCUT2D eigenvalue weighted by molar-refractivity contribution is 0.233. The zero-order valence-corrected chi connectivity index (χ0v) is 13.4. The second-order valence-electron chi connectivity index (χ2n) is 6.12. The van der Waals surface area contributed by atoms with Crippen LogP contribution in [0.4, 0.5) is 0 Å². The highest BCUT2D eigenvalue weighted by atomic mass is 16.5. The van der Waals surface area contributed by atoms with E-state index in [1.807, 2.05) is 0 Å². The third-order valence-corrected chi connectivity index (χ3v) is 3.94. The number of aliphatic hydroxyl groups is 1. The molecule has 20 heavy (non-hydrogen) atoms. The average molecular weight is 278 g/mol. The summed E-state index contributed by atoms with van der Waals surface area (Å²) >= 11 is 0. The Hall–Kier alpha value is -1.02. The molecule has 0 aromatic heterocycles. The highest BCUT2D eigenvalue weighted by Crippen LogP contribution is 2.33. The summed E-state index contributed by atoms with van der Waals surface area (Å²) in [6, 6.07) is 8.52. The summed E-state index contributed by atoms with van der Waals surface area (Å²) in [4.78, 5) is 0. The van der Waals surface area contributed by atoms with Crippen molar-refractivity contribution < 1.29 is 9.84 Å². The first-order chi connectivity index (χ1) is 9.58. The van der Waals surface area contributed by atoms with E-state index in [-0.39, 0.29) is 6.61 Å². The Kier molecular flexibility index (Phi) is 7.68. The SMILES string of the molecule is CCC(C)C(CC(C)C)c1ccc(OCCCO)cc1. The smallest absolute Gasteiger partial charge is 0.119 e. The first kappa shape index (κ1) is 17.0. The Morgan fingerprint density at radius 2 is 1.75 bits per heavy atom. The van der Waals surface area contributed by atoms with Gasteiger partial charge in [-0.3, -0.25) is 0 Å². The zero-order chi connectivity index (χ0) is 15.0. The first-order valence-corrected chi connectivity index (χ1v) is 7.92. The van der Waals surface area contributed by atoms with Crippen molar-refractivity contribution in [2.75, 3.05) is 13.2 Å². The summed E-state index contributed by atoms with van der Waals surface area (Å²) in [7, 11) is 0. The summed E-state index contributed by atoms with van der Waals surface area (Å²) in [5, 5.41) is 8.75. The molecule has 1 N–H and O–H groups in total. The van der Waals surface area contributed by atoms with E-state index in [0.29, 0.717) is 24.9 Å². The van der Waals surface area contributed by atoms with Crippen LogP contribution in [0.3, 0.4) is 0 Å². The van der Waals surface area contributed by atoms with E-state index < -0.39 is 0 Å². The van der Waals surface area contributed by atoms with Crippen LogP contribution in [-0.4, -0.2) is 18.3 Å². The predicted molar refractivity (Wildman–Crippen MR) is 85.3 cm³/mol. The Bertz CT molecular complexity index is 356. The molecule has 1 rings (SSSR count). The van der Waals surface area contributed by atoms with Crippen LogP contribution in [-0.2, 0) is 0 Å². The van der Waals surface area contributed by atoms with Gasteiger partial charge in [-0.25, -0.2) is 0 Å². The van der Waals surface area contributed by atoms with E-state index in [4.69, 9.17) is 9.84 Å². The summed E-state index contributed by atoms with van der Waals surface area (Å²) < 4.78 is 5.59. The van der Waals surface area contributed by atoms with Crippen LogP contribution in [0.15, 0.2) is 24.3 Å². The number of hydrogen-bond acceptors (Lipinski definition) is 2. The van der Waals surface area contributed by atoms with Gasteiger partial charge in [-0.1, -0.05) is 46.2 Å². The van der Waals surface area contributed by atoms with Gasteiger partial charge in [-0.2, -0.15) is 0 Å². The maximum Gasteiger partial charge on any atom is 0.119 e. The lowest BCUT2D eigenvalue weighted by atomic mass is 9.80. The fraction of sp³-hybridized carbons (Fsp3) is 0.667. The van der Waals surface area contributed by atoms with Gasteiger partial charge in [0.05, 0.1) is 6.61 Å². The van der Waals surface area contributed by atoms with Crippen LogP contribution >= 0.6 is 0 Å². The molecular formula is C18H30O2. The fourth-order valence-corrected chi connectivity index (χ4v) is 2.56. The molecule has 0 aliphatic rings. The Labute approximate surface area is 124 Å². The van der Waals surface area contributed by atoms with Gasteiger partial charge in [0.1, 0.15) is 5.75 Å². The van der Waals surface area contributed by atoms with Crippen molar-refractivity contribution in [2.24, 2.45) is 11.8 Å². The van der Waals surface area contributed by atoms with E-state index in [0.717, 1.165) is 11.7 Å². The van der Waals surface area contributed by atoms with Gasteiger partial charge in [0.25, 0.3) is 0 Å². The van der Waals surface area contributed by atoms with E-state index in [1.54, 1.807) is 0 Å². The van der Waals surface area contributed by atoms with Gasteiger partial charge >= 0.3 is 0 Å². The molecule has 0 amide bonds. The van der Waals surface area contributed by atoms with Crippen LogP contribution in [0.1, 0.15) is 58.4 Å². The molecule has 0 bridgehead atoms. The Morgan fingerprint density at radius 1 is 1.10 bits per heavy atom. The molecule has 0 fully saturated rings. The molecule has 0 heterocycles. The van der Waals surface area contributed by atoms with Crippen molar-refractivity contribution in [1.29, 1.82) is 0 Å². The Morgan fingerprint density at radius 3 is 2.25 bits per heavy atom. The van der Waals surface area contributed by atoms with Crippen molar-refractivity contribution in [3.63, 3.8) is 0 Å². The molecule has 2 atom stereocenters. The van der Waals surface area contributed by atoms with Gasteiger partial charge in [0.2, 0.25) is 0 Å². The van der Waals surface area contributed by atoms with Crippen LogP contribution in [0, 0.1) is 11.8 Å². The minimum absolute atomic E-state index is 0.183. The van der Waals surface area contributed by atoms with Crippen LogP contribution < -0.4 is 4.74 Å². The first-order valence-electron chi connectivity index (χ1n) is 7.92. The second-order valence-corrected chi connectivity index (χ2v) is 6.12. The molecule has 2 unspecified atom stereocenters. The van der Waals surface area contributed by atoms with Crippen LogP contribution in [0.2, 0.25) is 0 Å². The van der Waals surface area contributed by atoms with E-state index in [1.165, 1.54) is 18.4 Å². The van der Waals surface area contributed by atoms with Gasteiger partial charge in [0.15, 0.2) is 0 Å². The molecule has 1 aromatic carbocycles. The number of benzene rings is 1. The summed E-state index contributed by atoms with van der Waals surface area (Å²) in [6.45, 7) is 9.96. The molecule has 0 spiro atoms. The third-order valence-electron chi connectivity index (χ3n) is 3.94. The largest absolute Gasteiger partial charge is 0.494 e. The van der Waals surface area contributed by atoms with Crippen molar-refractivity contribution in [1.82, 2.24) is 0 Å². The fourth-order valence-electron chi connectivity index (χ4n) is 2.56. The van der Waals surface area contributed by atoms with Crippen molar-refractivity contribution in [3.05, 3.63) is 29.8 Å². The molecule has 2 heteroatoms. The average Bonchev–Trinajstić information content (AvgIpc) is 2.45. The monoisotopic (exact) mass is 278 g/mol. The van der Waals surface area contributed by atoms with Crippen molar-refractivity contribution in [3.8, 4) is 5.75 Å². The predicted octanol–water partition coefficient (Wildman–Crippen LogP) is 4.62. The Balaban J connectivity index is 2.71. The van der Waals surface area contributed by atoms with Crippen molar-refractivity contribution >= 4 is 0 Å². The molecular weight excluding hydrogens is 248 g/mol. The van der Waals surface area contributed by atoms with Gasteiger partial charge in [0, 0.05) is 13.0 Å². The quantitative estimate of drug-likeness (QED) is 0.668. The zero-order valence-electron chi connectivity index (χ0n) is 13.4. The lowest BCUT2D eigenvalue weighted by Crippen LogP contribution is -2.12. The summed E-state index contributed by atoms with van der Waals surface area (Å²) in [5.41, 5.74) is 1.42. The topological polar surface area (TPSA) is 29.5 Å². The highest BCUT2D eigenvalue weighted by molar-refractivity contribution is 5.29. The molecule has 0 aliphatic carbocycles. The molecule has 0 saturated heterocycles. The number of rotatable bonds is 9. The molecule has 114 valence electrons. The van der Waals surface area contributed by atoms with Crippen molar-refractivity contribution in [2.45, 2.75) is 52.9 Å². The number of ether oxygens (including phenoxy) is 1. The minimum atomic E-state index is 0.183. The molecule has 0 saturated carbocycles. The molecule has 0 aliphatic heterocycles. The third kappa shape index (κ3) is 5.54. The maximum atomic E-state index is 8.75. The normalized spacial score (nSPS) is 14.3. The molecule has 2 nitrogen and oxygen atoms in total. The summed E-state index contributed by atoms with van der Waals surface area (Å²) in [5.74, 6) is 2.95. The number of hydrogen-bond donors (Lipinski definition) is 1. The maximum absolute atomic E-state index is 8.75. The van der Waals surface area contributed by atoms with E-state index in [9.17, 15) is 0 Å². The van der Waals surface area contributed by atoms with Gasteiger partial charge in [-0.15, -0.1) is 0 Å². The molecule has 1 aromatic rings. The van der Waals surface area contributed by atoms with Gasteiger partial charge < -0.3 is 9.84 Å². The standard InChI is InChI=1S/C18H30O2/c1-5-15(4)18(13-14(2)3)16-7-9-17(10-8-16)20-12-6-11-19/h7-10,14-15,18-19H,5-6,11-13H2,1-4H3. The lowest BCUT2D eigenvalue weighted by Gasteiger charge is -2.25. The minimum Gasteiger partial charge on any atom is -0.494 e.